The highest BCUT2D eigenvalue weighted by molar-refractivity contribution is 7.99. The number of amides is 1. The average molecular weight is 793 g/mol. The highest BCUT2D eigenvalue weighted by Crippen LogP contribution is 2.62. The smallest absolute Gasteiger partial charge is 0.410 e. The van der Waals surface area contributed by atoms with Crippen molar-refractivity contribution in [1.82, 2.24) is 4.90 Å². The highest BCUT2D eigenvalue weighted by Gasteiger charge is 2.65. The molecule has 56 heavy (non-hydrogen) atoms. The number of thioether (sulfide) groups is 1. The first-order valence-electron chi connectivity index (χ1n) is 20.5. The van der Waals surface area contributed by atoms with E-state index in [1.165, 1.54) is 4.90 Å². The van der Waals surface area contributed by atoms with E-state index in [4.69, 9.17) is 23.8 Å². The van der Waals surface area contributed by atoms with Crippen molar-refractivity contribution in [3.05, 3.63) is 78.4 Å². The molecule has 1 heterocycles. The number of aliphatic hydroxyl groups excluding tert-OH is 2. The van der Waals surface area contributed by atoms with Crippen molar-refractivity contribution in [3.63, 3.8) is 0 Å². The molecule has 0 saturated heterocycles. The minimum Gasteiger partial charge on any atom is -0.493 e. The average Bonchev–Trinajstić information content (AvgIpc) is 3.19. The van der Waals surface area contributed by atoms with Gasteiger partial charge < -0.3 is 34.0 Å². The Hall–Kier alpha value is -3.51. The number of hydrogen-bond acceptors (Lipinski definition) is 10. The van der Waals surface area contributed by atoms with Crippen LogP contribution in [0.1, 0.15) is 90.5 Å². The van der Waals surface area contributed by atoms with Gasteiger partial charge in [0, 0.05) is 48.3 Å². The van der Waals surface area contributed by atoms with E-state index in [9.17, 15) is 15.0 Å². The Kier molecular flexibility index (Phi) is 16.2. The second-order valence-electron chi connectivity index (χ2n) is 16.3. The number of aliphatic hydroxyl groups is 2. The standard InChI is InChI=1S/C45H64N2O8S/c1-7-22-47(43(50)53-31-44(3,4)5)40-30-38(46-51-6)36-28-32(16-12-14-23-48)35(19-13-15-24-49)41-37-29-33(52-26-27-56-34-17-10-9-11-18-34)20-21-39(37)55-45(40,42(36)41)54-25-8-2/h8-11,17-18,20-21,28-29,32,35,40-42,48-49H,2,7,12-16,19,22-27,30-31H2,1,3-6H3/t32-,35+,40-,41+,42+,45+/m0/s1. The number of allylic oxidation sites excluding steroid dienone is 1. The Morgan fingerprint density at radius 3 is 2.52 bits per heavy atom. The van der Waals surface area contributed by atoms with Crippen LogP contribution in [0.4, 0.5) is 4.79 Å². The minimum atomic E-state index is -1.32. The van der Waals surface area contributed by atoms with Crippen molar-refractivity contribution in [2.24, 2.45) is 28.3 Å². The Morgan fingerprint density at radius 2 is 1.84 bits per heavy atom. The number of carbonyl (C=O) groups excluding carboxylic acids is 1. The summed E-state index contributed by atoms with van der Waals surface area (Å²) in [5.74, 6) is 0.704. The summed E-state index contributed by atoms with van der Waals surface area (Å²) in [5, 5.41) is 24.3. The summed E-state index contributed by atoms with van der Waals surface area (Å²) in [6.07, 6.45) is 9.55. The van der Waals surface area contributed by atoms with Crippen molar-refractivity contribution in [3.8, 4) is 11.5 Å². The monoisotopic (exact) mass is 792 g/mol. The molecular weight excluding hydrogens is 729 g/mol. The molecule has 1 aliphatic heterocycles. The zero-order chi connectivity index (χ0) is 40.1. The van der Waals surface area contributed by atoms with Gasteiger partial charge in [-0.05, 0) is 85.3 Å². The van der Waals surface area contributed by atoms with Gasteiger partial charge in [-0.1, -0.05) is 76.0 Å². The third-order valence-electron chi connectivity index (χ3n) is 10.9. The number of benzene rings is 2. The minimum absolute atomic E-state index is 0.123. The number of fused-ring (bicyclic) bond motifs is 2. The Morgan fingerprint density at radius 1 is 1.09 bits per heavy atom. The molecule has 2 aliphatic carbocycles. The summed E-state index contributed by atoms with van der Waals surface area (Å²) >= 11 is 1.76. The van der Waals surface area contributed by atoms with Gasteiger partial charge in [-0.25, -0.2) is 4.79 Å². The van der Waals surface area contributed by atoms with Crippen LogP contribution in [0.2, 0.25) is 0 Å². The van der Waals surface area contributed by atoms with Crippen LogP contribution in [0.3, 0.4) is 0 Å². The molecule has 3 aliphatic rings. The molecule has 2 aromatic rings. The van der Waals surface area contributed by atoms with Gasteiger partial charge in [-0.15, -0.1) is 18.3 Å². The van der Waals surface area contributed by atoms with Crippen molar-refractivity contribution < 1.29 is 38.8 Å². The maximum atomic E-state index is 14.2. The van der Waals surface area contributed by atoms with Gasteiger partial charge in [-0.3, -0.25) is 4.90 Å². The summed E-state index contributed by atoms with van der Waals surface area (Å²) < 4.78 is 26.7. The third-order valence-corrected chi connectivity index (χ3v) is 11.9. The summed E-state index contributed by atoms with van der Waals surface area (Å²) in [4.78, 5) is 22.8. The van der Waals surface area contributed by atoms with Crippen LogP contribution in [-0.4, -0.2) is 91.2 Å². The molecule has 11 heteroatoms. The van der Waals surface area contributed by atoms with Crippen molar-refractivity contribution in [1.29, 1.82) is 0 Å². The molecule has 10 nitrogen and oxygen atoms in total. The first-order valence-corrected chi connectivity index (χ1v) is 21.4. The molecule has 0 bridgehead atoms. The zero-order valence-electron chi connectivity index (χ0n) is 34.1. The molecule has 1 fully saturated rings. The molecule has 0 aromatic heterocycles. The number of rotatable bonds is 21. The van der Waals surface area contributed by atoms with E-state index in [0.29, 0.717) is 44.6 Å². The predicted molar refractivity (Wildman–Crippen MR) is 222 cm³/mol. The molecular formula is C45H64N2O8S. The van der Waals surface area contributed by atoms with Gasteiger partial charge in [-0.2, -0.15) is 0 Å². The number of oxime groups is 1. The van der Waals surface area contributed by atoms with Gasteiger partial charge in [0.05, 0.1) is 31.5 Å². The molecule has 1 saturated carbocycles. The molecule has 308 valence electrons. The van der Waals surface area contributed by atoms with Crippen LogP contribution in [0.15, 0.2) is 82.9 Å². The van der Waals surface area contributed by atoms with E-state index in [1.807, 2.05) is 58.0 Å². The van der Waals surface area contributed by atoms with Crippen LogP contribution < -0.4 is 9.47 Å². The van der Waals surface area contributed by atoms with Crippen LogP contribution in [-0.2, 0) is 14.3 Å². The quantitative estimate of drug-likeness (QED) is 0.0553. The van der Waals surface area contributed by atoms with E-state index in [0.717, 1.165) is 54.0 Å². The van der Waals surface area contributed by atoms with Gasteiger partial charge in [0.1, 0.15) is 24.7 Å². The molecule has 1 amide bonds. The summed E-state index contributed by atoms with van der Waals surface area (Å²) in [6, 6.07) is 15.8. The maximum Gasteiger partial charge on any atom is 0.410 e. The molecule has 6 atom stereocenters. The topological polar surface area (TPSA) is 119 Å². The largest absolute Gasteiger partial charge is 0.493 e. The molecule has 0 radical (unpaired) electrons. The fraction of sp³-hybridized carbons (Fsp3) is 0.600. The predicted octanol–water partition coefficient (Wildman–Crippen LogP) is 9.02. The lowest BCUT2D eigenvalue weighted by atomic mass is 9.55. The molecule has 0 spiro atoms. The number of nitrogens with zero attached hydrogens (tertiary/aromatic N) is 2. The Balaban J connectivity index is 1.66. The number of carbonyl (C=O) groups is 1. The maximum absolute atomic E-state index is 14.2. The zero-order valence-corrected chi connectivity index (χ0v) is 34.9. The molecule has 5 rings (SSSR count). The van der Waals surface area contributed by atoms with Crippen LogP contribution in [0.5, 0.6) is 11.5 Å². The number of ether oxygens (including phenoxy) is 4. The van der Waals surface area contributed by atoms with Crippen molar-refractivity contribution in [2.75, 3.05) is 52.4 Å². The van der Waals surface area contributed by atoms with Crippen molar-refractivity contribution in [2.45, 2.75) is 102 Å². The normalized spacial score (nSPS) is 24.7. The summed E-state index contributed by atoms with van der Waals surface area (Å²) in [7, 11) is 1.56. The second-order valence-corrected chi connectivity index (χ2v) is 17.4. The van der Waals surface area contributed by atoms with Gasteiger partial charge in [0.15, 0.2) is 0 Å². The Labute approximate surface area is 338 Å². The molecule has 2 N–H and O–H groups in total. The van der Waals surface area contributed by atoms with E-state index in [1.54, 1.807) is 29.8 Å². The van der Waals surface area contributed by atoms with Crippen molar-refractivity contribution >= 4 is 23.6 Å². The summed E-state index contributed by atoms with van der Waals surface area (Å²) in [5.41, 5.74) is 2.56. The highest BCUT2D eigenvalue weighted by atomic mass is 32.2. The van der Waals surface area contributed by atoms with E-state index >= 15 is 0 Å². The SMILES string of the molecule is C=CCO[C@@]12Oc3ccc(OCCSc4ccccc4)cc3[C@H]3[C@H](CCCCO)[C@@H](CCCCO)C=C(C(=NOC)C[C@@H]1N(CCC)C(=O)OCC(C)(C)C)[C@H]32. The third kappa shape index (κ3) is 10.5. The van der Waals surface area contributed by atoms with E-state index in [-0.39, 0.29) is 55.5 Å². The first kappa shape index (κ1) is 43.6. The lowest BCUT2D eigenvalue weighted by Gasteiger charge is -2.60. The van der Waals surface area contributed by atoms with Gasteiger partial charge >= 0.3 is 6.09 Å². The lowest BCUT2D eigenvalue weighted by Crippen LogP contribution is -2.70. The first-order chi connectivity index (χ1) is 27.1. The van der Waals surface area contributed by atoms with Crippen LogP contribution in [0.25, 0.3) is 0 Å². The van der Waals surface area contributed by atoms with E-state index < -0.39 is 17.9 Å². The fourth-order valence-electron chi connectivity index (χ4n) is 8.66. The number of unbranched alkanes of at least 4 members (excludes halogenated alkanes) is 2. The second kappa shape index (κ2) is 20.8. The van der Waals surface area contributed by atoms with Crippen LogP contribution in [0, 0.1) is 23.2 Å². The molecule has 0 unspecified atom stereocenters. The summed E-state index contributed by atoms with van der Waals surface area (Å²) in [6.45, 7) is 13.9. The van der Waals surface area contributed by atoms with Gasteiger partial charge in [0.25, 0.3) is 0 Å². The lowest BCUT2D eigenvalue weighted by molar-refractivity contribution is -0.255. The van der Waals surface area contributed by atoms with Gasteiger partial charge in [0.2, 0.25) is 5.79 Å². The van der Waals surface area contributed by atoms with E-state index in [2.05, 4.69) is 36.0 Å². The molecule has 2 aromatic carbocycles. The Bertz CT molecular complexity index is 1630. The fourth-order valence-corrected chi connectivity index (χ4v) is 9.41. The number of hydrogen-bond donors (Lipinski definition) is 2. The van der Waals surface area contributed by atoms with Crippen LogP contribution >= 0.6 is 11.8 Å².